The van der Waals surface area contributed by atoms with Crippen LogP contribution in [0, 0.1) is 0 Å². The van der Waals surface area contributed by atoms with Crippen LogP contribution in [0.1, 0.15) is 29.3 Å². The van der Waals surface area contributed by atoms with E-state index in [0.717, 1.165) is 18.5 Å². The van der Waals surface area contributed by atoms with E-state index in [-0.39, 0.29) is 5.56 Å². The average molecular weight is 255 g/mol. The van der Waals surface area contributed by atoms with Crippen LogP contribution in [-0.2, 0) is 6.42 Å². The number of aryl methyl sites for hydroxylation is 1. The molecule has 0 unspecified atom stereocenters. The SMILES string of the molecule is CCCc1ccccc1Nc1ccccc1C(=O)O. The molecule has 0 aromatic heterocycles. The summed E-state index contributed by atoms with van der Waals surface area (Å²) < 4.78 is 0. The van der Waals surface area contributed by atoms with Crippen molar-refractivity contribution < 1.29 is 9.90 Å². The van der Waals surface area contributed by atoms with Gasteiger partial charge in [0, 0.05) is 5.69 Å². The molecule has 2 N–H and O–H groups in total. The van der Waals surface area contributed by atoms with Gasteiger partial charge in [-0.25, -0.2) is 4.79 Å². The molecule has 0 saturated heterocycles. The first kappa shape index (κ1) is 13.1. The van der Waals surface area contributed by atoms with Gasteiger partial charge < -0.3 is 10.4 Å². The fourth-order valence-corrected chi connectivity index (χ4v) is 2.05. The standard InChI is InChI=1S/C16H17NO2/c1-2-7-12-8-3-5-10-14(12)17-15-11-6-4-9-13(15)16(18)19/h3-6,8-11,17H,2,7H2,1H3,(H,18,19). The molecular formula is C16H17NO2. The van der Waals surface area contributed by atoms with Gasteiger partial charge in [-0.3, -0.25) is 0 Å². The lowest BCUT2D eigenvalue weighted by atomic mass is 10.1. The molecule has 0 amide bonds. The van der Waals surface area contributed by atoms with Crippen molar-refractivity contribution in [3.8, 4) is 0 Å². The second-order valence-corrected chi connectivity index (χ2v) is 4.38. The van der Waals surface area contributed by atoms with Gasteiger partial charge >= 0.3 is 5.97 Å². The number of carboxylic acids is 1. The van der Waals surface area contributed by atoms with Gasteiger partial charge in [0.25, 0.3) is 0 Å². The third kappa shape index (κ3) is 3.13. The molecule has 0 bridgehead atoms. The van der Waals surface area contributed by atoms with E-state index in [1.54, 1.807) is 18.2 Å². The van der Waals surface area contributed by atoms with Crippen LogP contribution in [-0.4, -0.2) is 11.1 Å². The molecule has 0 atom stereocenters. The van der Waals surface area contributed by atoms with E-state index in [1.807, 2.05) is 24.3 Å². The van der Waals surface area contributed by atoms with E-state index in [2.05, 4.69) is 18.3 Å². The van der Waals surface area contributed by atoms with Crippen LogP contribution in [0.3, 0.4) is 0 Å². The molecule has 98 valence electrons. The molecule has 2 aromatic carbocycles. The molecule has 0 aliphatic rings. The molecule has 3 heteroatoms. The minimum atomic E-state index is -0.920. The summed E-state index contributed by atoms with van der Waals surface area (Å²) in [4.78, 5) is 11.2. The Hall–Kier alpha value is -2.29. The minimum Gasteiger partial charge on any atom is -0.478 e. The summed E-state index contributed by atoms with van der Waals surface area (Å²) >= 11 is 0. The number of hydrogen-bond donors (Lipinski definition) is 2. The second-order valence-electron chi connectivity index (χ2n) is 4.38. The van der Waals surface area contributed by atoms with Crippen LogP contribution in [0.25, 0.3) is 0 Å². The number of para-hydroxylation sites is 2. The minimum absolute atomic E-state index is 0.286. The lowest BCUT2D eigenvalue weighted by molar-refractivity contribution is 0.0698. The topological polar surface area (TPSA) is 49.3 Å². The number of benzene rings is 2. The molecule has 0 fully saturated rings. The summed E-state index contributed by atoms with van der Waals surface area (Å²) in [5, 5.41) is 12.4. The highest BCUT2D eigenvalue weighted by atomic mass is 16.4. The molecular weight excluding hydrogens is 238 g/mol. The first-order valence-electron chi connectivity index (χ1n) is 6.39. The Bertz CT molecular complexity index is 578. The van der Waals surface area contributed by atoms with Gasteiger partial charge in [0.1, 0.15) is 0 Å². The van der Waals surface area contributed by atoms with Gasteiger partial charge in [0.15, 0.2) is 0 Å². The van der Waals surface area contributed by atoms with Crippen molar-refractivity contribution in [2.24, 2.45) is 0 Å². The van der Waals surface area contributed by atoms with Crippen molar-refractivity contribution in [1.29, 1.82) is 0 Å². The molecule has 0 aliphatic heterocycles. The van der Waals surface area contributed by atoms with E-state index in [9.17, 15) is 9.90 Å². The number of nitrogens with one attached hydrogen (secondary N) is 1. The highest BCUT2D eigenvalue weighted by Crippen LogP contribution is 2.24. The Kier molecular flexibility index (Phi) is 4.18. The maximum Gasteiger partial charge on any atom is 0.337 e. The molecule has 2 aromatic rings. The zero-order valence-corrected chi connectivity index (χ0v) is 10.9. The number of carboxylic acid groups (broad SMARTS) is 1. The van der Waals surface area contributed by atoms with Gasteiger partial charge in [-0.15, -0.1) is 0 Å². The Morgan fingerprint density at radius 2 is 1.68 bits per heavy atom. The van der Waals surface area contributed by atoms with E-state index in [4.69, 9.17) is 0 Å². The molecule has 19 heavy (non-hydrogen) atoms. The van der Waals surface area contributed by atoms with Crippen molar-refractivity contribution in [3.63, 3.8) is 0 Å². The fourth-order valence-electron chi connectivity index (χ4n) is 2.05. The Balaban J connectivity index is 2.34. The highest BCUT2D eigenvalue weighted by Gasteiger charge is 2.10. The maximum absolute atomic E-state index is 11.2. The number of carbonyl (C=O) groups is 1. The van der Waals surface area contributed by atoms with Gasteiger partial charge in [0.2, 0.25) is 0 Å². The average Bonchev–Trinajstić information content (AvgIpc) is 2.42. The van der Waals surface area contributed by atoms with Crippen molar-refractivity contribution in [1.82, 2.24) is 0 Å². The molecule has 2 rings (SSSR count). The zero-order chi connectivity index (χ0) is 13.7. The van der Waals surface area contributed by atoms with Crippen LogP contribution in [0.15, 0.2) is 48.5 Å². The quantitative estimate of drug-likeness (QED) is 0.846. The summed E-state index contributed by atoms with van der Waals surface area (Å²) in [7, 11) is 0. The van der Waals surface area contributed by atoms with Crippen LogP contribution in [0.2, 0.25) is 0 Å². The normalized spacial score (nSPS) is 10.2. The summed E-state index contributed by atoms with van der Waals surface area (Å²) in [6.07, 6.45) is 2.03. The zero-order valence-electron chi connectivity index (χ0n) is 10.9. The van der Waals surface area contributed by atoms with E-state index < -0.39 is 5.97 Å². The predicted octanol–water partition coefficient (Wildman–Crippen LogP) is 4.08. The van der Waals surface area contributed by atoms with E-state index >= 15 is 0 Å². The number of hydrogen-bond acceptors (Lipinski definition) is 2. The number of aromatic carboxylic acids is 1. The molecule has 0 aliphatic carbocycles. The third-order valence-electron chi connectivity index (χ3n) is 2.96. The van der Waals surface area contributed by atoms with Crippen molar-refractivity contribution >= 4 is 17.3 Å². The van der Waals surface area contributed by atoms with E-state index in [1.165, 1.54) is 5.56 Å². The van der Waals surface area contributed by atoms with Gasteiger partial charge in [-0.05, 0) is 30.2 Å². The first-order valence-corrected chi connectivity index (χ1v) is 6.39. The molecule has 3 nitrogen and oxygen atoms in total. The Morgan fingerprint density at radius 1 is 1.05 bits per heavy atom. The number of anilines is 2. The Morgan fingerprint density at radius 3 is 2.37 bits per heavy atom. The molecule has 0 saturated carbocycles. The van der Waals surface area contributed by atoms with Crippen molar-refractivity contribution in [2.75, 3.05) is 5.32 Å². The summed E-state index contributed by atoms with van der Waals surface area (Å²) in [5.41, 5.74) is 3.08. The molecule has 0 heterocycles. The lowest BCUT2D eigenvalue weighted by Crippen LogP contribution is -2.03. The lowest BCUT2D eigenvalue weighted by Gasteiger charge is -2.13. The smallest absolute Gasteiger partial charge is 0.337 e. The van der Waals surface area contributed by atoms with E-state index in [0.29, 0.717) is 5.69 Å². The fraction of sp³-hybridized carbons (Fsp3) is 0.188. The van der Waals surface area contributed by atoms with Crippen LogP contribution in [0.5, 0.6) is 0 Å². The first-order chi connectivity index (χ1) is 9.22. The van der Waals surface area contributed by atoms with Gasteiger partial charge in [-0.2, -0.15) is 0 Å². The van der Waals surface area contributed by atoms with Gasteiger partial charge in [-0.1, -0.05) is 43.7 Å². The summed E-state index contributed by atoms with van der Waals surface area (Å²) in [5.74, 6) is -0.920. The monoisotopic (exact) mass is 255 g/mol. The molecule has 0 radical (unpaired) electrons. The highest BCUT2D eigenvalue weighted by molar-refractivity contribution is 5.95. The van der Waals surface area contributed by atoms with Crippen LogP contribution < -0.4 is 5.32 Å². The van der Waals surface area contributed by atoms with Crippen LogP contribution >= 0.6 is 0 Å². The Labute approximate surface area is 112 Å². The van der Waals surface area contributed by atoms with Gasteiger partial charge in [0.05, 0.1) is 11.3 Å². The number of rotatable bonds is 5. The predicted molar refractivity (Wildman–Crippen MR) is 77.1 cm³/mol. The molecule has 0 spiro atoms. The van der Waals surface area contributed by atoms with Crippen molar-refractivity contribution in [3.05, 3.63) is 59.7 Å². The van der Waals surface area contributed by atoms with Crippen molar-refractivity contribution in [2.45, 2.75) is 19.8 Å². The third-order valence-corrected chi connectivity index (χ3v) is 2.96. The maximum atomic E-state index is 11.2. The van der Waals surface area contributed by atoms with Crippen LogP contribution in [0.4, 0.5) is 11.4 Å². The summed E-state index contributed by atoms with van der Waals surface area (Å²) in [6, 6.07) is 14.9. The largest absolute Gasteiger partial charge is 0.478 e. The second kappa shape index (κ2) is 6.05. The summed E-state index contributed by atoms with van der Waals surface area (Å²) in [6.45, 7) is 2.13.